The topological polar surface area (TPSA) is 62.3 Å². The van der Waals surface area contributed by atoms with Crippen LogP contribution in [0.3, 0.4) is 0 Å². The van der Waals surface area contributed by atoms with Crippen molar-refractivity contribution in [2.24, 2.45) is 5.73 Å². The molecule has 0 atom stereocenters. The van der Waals surface area contributed by atoms with Gasteiger partial charge in [0.1, 0.15) is 5.84 Å². The summed E-state index contributed by atoms with van der Waals surface area (Å²) in [5, 5.41) is 7.27. The van der Waals surface area contributed by atoms with E-state index in [2.05, 4.69) is 0 Å². The molecule has 0 aliphatic heterocycles. The van der Waals surface area contributed by atoms with E-state index < -0.39 is 17.6 Å². The van der Waals surface area contributed by atoms with E-state index in [0.717, 1.165) is 6.07 Å². The van der Waals surface area contributed by atoms with E-state index in [9.17, 15) is 13.2 Å². The van der Waals surface area contributed by atoms with E-state index in [1.807, 2.05) is 18.7 Å². The van der Waals surface area contributed by atoms with E-state index in [0.29, 0.717) is 18.8 Å². The molecule has 0 fully saturated rings. The lowest BCUT2D eigenvalue weighted by molar-refractivity contribution is -0.137. The highest BCUT2D eigenvalue weighted by Crippen LogP contribution is 2.34. The molecule has 21 heavy (non-hydrogen) atoms. The zero-order valence-electron chi connectivity index (χ0n) is 12.3. The van der Waals surface area contributed by atoms with Crippen LogP contribution in [-0.2, 0) is 10.9 Å². The average Bonchev–Trinajstić information content (AvgIpc) is 2.37. The van der Waals surface area contributed by atoms with Crippen molar-refractivity contribution >= 4 is 11.5 Å². The lowest BCUT2D eigenvalue weighted by atomic mass is 10.0. The van der Waals surface area contributed by atoms with Crippen LogP contribution in [0, 0.1) is 5.41 Å². The second-order valence-corrected chi connectivity index (χ2v) is 4.92. The quantitative estimate of drug-likeness (QED) is 0.627. The molecule has 3 N–H and O–H groups in total. The Hall–Kier alpha value is -1.76. The molecule has 0 saturated carbocycles. The molecular formula is C14H20F3N3O. The SMILES string of the molecule is COCCN(c1ccc(C(=N)N)c(C(F)(F)F)c1)C(C)C. The number of benzene rings is 1. The number of hydrogen-bond acceptors (Lipinski definition) is 3. The number of hydrogen-bond donors (Lipinski definition) is 2. The summed E-state index contributed by atoms with van der Waals surface area (Å²) in [5.74, 6) is -0.595. The zero-order valence-corrected chi connectivity index (χ0v) is 12.3. The third kappa shape index (κ3) is 4.35. The van der Waals surface area contributed by atoms with Crippen molar-refractivity contribution in [2.45, 2.75) is 26.1 Å². The van der Waals surface area contributed by atoms with Gasteiger partial charge in [-0.15, -0.1) is 0 Å². The standard InChI is InChI=1S/C14H20F3N3O/c1-9(2)20(6-7-21-3)10-4-5-11(13(18)19)12(8-10)14(15,16)17/h4-5,8-9H,6-7H2,1-3H3,(H3,18,19). The number of nitrogens with zero attached hydrogens (tertiary/aromatic N) is 1. The molecule has 0 aliphatic carbocycles. The van der Waals surface area contributed by atoms with Crippen LogP contribution < -0.4 is 10.6 Å². The molecule has 0 spiro atoms. The number of nitrogens with two attached hydrogens (primary N) is 1. The van der Waals surface area contributed by atoms with Crippen LogP contribution in [0.1, 0.15) is 25.0 Å². The van der Waals surface area contributed by atoms with Crippen molar-refractivity contribution in [1.82, 2.24) is 0 Å². The Kier molecular flexibility index (Phi) is 5.60. The molecule has 118 valence electrons. The third-order valence-corrected chi connectivity index (χ3v) is 3.09. The maximum atomic E-state index is 13.1. The Labute approximate surface area is 122 Å². The summed E-state index contributed by atoms with van der Waals surface area (Å²) in [6.45, 7) is 4.67. The van der Waals surface area contributed by atoms with Crippen LogP contribution in [0.15, 0.2) is 18.2 Å². The molecule has 1 aromatic rings. The summed E-state index contributed by atoms with van der Waals surface area (Å²) >= 11 is 0. The first-order valence-electron chi connectivity index (χ1n) is 6.49. The number of nitrogen functional groups attached to an aromatic ring is 1. The fourth-order valence-corrected chi connectivity index (χ4v) is 2.06. The lowest BCUT2D eigenvalue weighted by Gasteiger charge is -2.29. The fraction of sp³-hybridized carbons (Fsp3) is 0.500. The zero-order chi connectivity index (χ0) is 16.2. The van der Waals surface area contributed by atoms with Gasteiger partial charge in [0.2, 0.25) is 0 Å². The van der Waals surface area contributed by atoms with Crippen LogP contribution >= 0.6 is 0 Å². The highest BCUT2D eigenvalue weighted by atomic mass is 19.4. The number of methoxy groups -OCH3 is 1. The van der Waals surface area contributed by atoms with Gasteiger partial charge >= 0.3 is 6.18 Å². The van der Waals surface area contributed by atoms with Crippen LogP contribution in [0.5, 0.6) is 0 Å². The van der Waals surface area contributed by atoms with E-state index in [1.54, 1.807) is 13.2 Å². The number of nitrogens with one attached hydrogen (secondary N) is 1. The largest absolute Gasteiger partial charge is 0.417 e. The Balaban J connectivity index is 3.28. The van der Waals surface area contributed by atoms with Gasteiger partial charge in [0.25, 0.3) is 0 Å². The summed E-state index contributed by atoms with van der Waals surface area (Å²) in [6.07, 6.45) is -4.55. The Bertz CT molecular complexity index is 501. The number of amidine groups is 1. The highest BCUT2D eigenvalue weighted by molar-refractivity contribution is 5.97. The normalized spacial score (nSPS) is 11.8. The minimum Gasteiger partial charge on any atom is -0.384 e. The molecule has 1 rings (SSSR count). The first kappa shape index (κ1) is 17.3. The summed E-state index contributed by atoms with van der Waals surface area (Å²) in [7, 11) is 1.54. The number of anilines is 1. The van der Waals surface area contributed by atoms with Crippen molar-refractivity contribution in [2.75, 3.05) is 25.2 Å². The predicted molar refractivity (Wildman–Crippen MR) is 76.8 cm³/mol. The molecule has 0 bridgehead atoms. The number of halogens is 3. The van der Waals surface area contributed by atoms with E-state index in [1.165, 1.54) is 6.07 Å². The van der Waals surface area contributed by atoms with Crippen LogP contribution in [-0.4, -0.2) is 32.1 Å². The van der Waals surface area contributed by atoms with Gasteiger partial charge < -0.3 is 15.4 Å². The molecule has 0 saturated heterocycles. The highest BCUT2D eigenvalue weighted by Gasteiger charge is 2.34. The minimum atomic E-state index is -4.55. The maximum absolute atomic E-state index is 13.1. The molecule has 0 unspecified atom stereocenters. The van der Waals surface area contributed by atoms with Crippen LogP contribution in [0.4, 0.5) is 18.9 Å². The van der Waals surface area contributed by atoms with Gasteiger partial charge in [-0.05, 0) is 32.0 Å². The lowest BCUT2D eigenvalue weighted by Crippen LogP contribution is -2.34. The van der Waals surface area contributed by atoms with Gasteiger partial charge in [-0.2, -0.15) is 13.2 Å². The summed E-state index contributed by atoms with van der Waals surface area (Å²) in [6, 6.07) is 3.83. The summed E-state index contributed by atoms with van der Waals surface area (Å²) < 4.78 is 44.3. The Morgan fingerprint density at radius 2 is 2.00 bits per heavy atom. The molecule has 0 amide bonds. The molecule has 1 aromatic carbocycles. The predicted octanol–water partition coefficient (Wildman–Crippen LogP) is 2.85. The van der Waals surface area contributed by atoms with Gasteiger partial charge in [-0.1, -0.05) is 0 Å². The van der Waals surface area contributed by atoms with Crippen molar-refractivity contribution < 1.29 is 17.9 Å². The van der Waals surface area contributed by atoms with E-state index >= 15 is 0 Å². The molecule has 7 heteroatoms. The van der Waals surface area contributed by atoms with Gasteiger partial charge in [-0.3, -0.25) is 5.41 Å². The van der Waals surface area contributed by atoms with Gasteiger partial charge in [0, 0.05) is 30.9 Å². The Morgan fingerprint density at radius 3 is 2.43 bits per heavy atom. The fourth-order valence-electron chi connectivity index (χ4n) is 2.06. The van der Waals surface area contributed by atoms with Crippen molar-refractivity contribution in [1.29, 1.82) is 5.41 Å². The van der Waals surface area contributed by atoms with E-state index in [-0.39, 0.29) is 11.6 Å². The Morgan fingerprint density at radius 1 is 1.38 bits per heavy atom. The van der Waals surface area contributed by atoms with Crippen molar-refractivity contribution in [3.8, 4) is 0 Å². The monoisotopic (exact) mass is 303 g/mol. The first-order chi connectivity index (χ1) is 9.68. The summed E-state index contributed by atoms with van der Waals surface area (Å²) in [5.41, 5.74) is 4.46. The van der Waals surface area contributed by atoms with Gasteiger partial charge in [-0.25, -0.2) is 0 Å². The maximum Gasteiger partial charge on any atom is 0.417 e. The third-order valence-electron chi connectivity index (χ3n) is 3.09. The first-order valence-corrected chi connectivity index (χ1v) is 6.49. The molecular weight excluding hydrogens is 283 g/mol. The second kappa shape index (κ2) is 6.80. The van der Waals surface area contributed by atoms with Gasteiger partial charge in [0.05, 0.1) is 12.2 Å². The second-order valence-electron chi connectivity index (χ2n) is 4.92. The molecule has 0 aromatic heterocycles. The molecule has 0 radical (unpaired) electrons. The average molecular weight is 303 g/mol. The minimum absolute atomic E-state index is 0.0180. The number of ether oxygens (including phenoxy) is 1. The molecule has 4 nitrogen and oxygen atoms in total. The van der Waals surface area contributed by atoms with E-state index in [4.69, 9.17) is 15.9 Å². The molecule has 0 aliphatic rings. The van der Waals surface area contributed by atoms with Crippen LogP contribution in [0.2, 0.25) is 0 Å². The number of rotatable bonds is 6. The van der Waals surface area contributed by atoms with Gasteiger partial charge in [0.15, 0.2) is 0 Å². The summed E-state index contributed by atoms with van der Waals surface area (Å²) in [4.78, 5) is 1.81. The van der Waals surface area contributed by atoms with Crippen molar-refractivity contribution in [3.05, 3.63) is 29.3 Å². The number of alkyl halides is 3. The van der Waals surface area contributed by atoms with Crippen molar-refractivity contribution in [3.63, 3.8) is 0 Å². The molecule has 0 heterocycles. The van der Waals surface area contributed by atoms with Crippen LogP contribution in [0.25, 0.3) is 0 Å². The smallest absolute Gasteiger partial charge is 0.384 e.